The molecule has 1 amide bonds. The second-order valence-corrected chi connectivity index (χ2v) is 6.40. The maximum absolute atomic E-state index is 13.7. The van der Waals surface area contributed by atoms with Crippen LogP contribution in [0.1, 0.15) is 15.2 Å². The fourth-order valence-electron chi connectivity index (χ4n) is 2.59. The van der Waals surface area contributed by atoms with Crippen LogP contribution in [0.25, 0.3) is 0 Å². The number of thiophene rings is 1. The van der Waals surface area contributed by atoms with Crippen molar-refractivity contribution < 1.29 is 18.0 Å². The molecule has 1 aromatic carbocycles. The van der Waals surface area contributed by atoms with Crippen LogP contribution in [0.15, 0.2) is 29.6 Å². The fourth-order valence-corrected chi connectivity index (χ4v) is 3.34. The third-order valence-corrected chi connectivity index (χ3v) is 4.75. The number of amides is 1. The molecule has 0 spiro atoms. The molecule has 2 aromatic rings. The van der Waals surface area contributed by atoms with Gasteiger partial charge in [-0.1, -0.05) is 6.07 Å². The van der Waals surface area contributed by atoms with Crippen LogP contribution >= 0.6 is 11.3 Å². The van der Waals surface area contributed by atoms with Crippen molar-refractivity contribution in [2.24, 2.45) is 0 Å². The van der Waals surface area contributed by atoms with E-state index < -0.39 is 28.9 Å². The average Bonchev–Trinajstić information content (AvgIpc) is 3.06. The zero-order valence-corrected chi connectivity index (χ0v) is 13.1. The van der Waals surface area contributed by atoms with Crippen molar-refractivity contribution >= 4 is 17.2 Å². The Kier molecular flexibility index (Phi) is 4.68. The molecular formula is C16H15F3N2OS. The summed E-state index contributed by atoms with van der Waals surface area (Å²) in [5.41, 5.74) is -0.421. The second-order valence-electron chi connectivity index (χ2n) is 5.37. The van der Waals surface area contributed by atoms with Gasteiger partial charge in [0.25, 0.3) is 5.91 Å². The summed E-state index contributed by atoms with van der Waals surface area (Å²) < 4.78 is 39.9. The number of benzene rings is 1. The molecule has 0 bridgehead atoms. The van der Waals surface area contributed by atoms with Crippen molar-refractivity contribution in [1.29, 1.82) is 0 Å². The highest BCUT2D eigenvalue weighted by molar-refractivity contribution is 7.09. The lowest BCUT2D eigenvalue weighted by molar-refractivity contribution is 0.0624. The Morgan fingerprint density at radius 1 is 1.04 bits per heavy atom. The van der Waals surface area contributed by atoms with Gasteiger partial charge in [0.1, 0.15) is 0 Å². The van der Waals surface area contributed by atoms with Crippen molar-refractivity contribution in [3.8, 4) is 0 Å². The molecule has 0 aliphatic carbocycles. The molecule has 0 saturated carbocycles. The molecule has 1 aliphatic rings. The first-order chi connectivity index (χ1) is 11.1. The number of carbonyl (C=O) groups is 1. The number of hydrogen-bond acceptors (Lipinski definition) is 3. The van der Waals surface area contributed by atoms with Crippen molar-refractivity contribution in [3.63, 3.8) is 0 Å². The summed E-state index contributed by atoms with van der Waals surface area (Å²) in [5.74, 6) is -4.92. The Morgan fingerprint density at radius 3 is 2.43 bits per heavy atom. The van der Waals surface area contributed by atoms with Crippen LogP contribution in [0.3, 0.4) is 0 Å². The van der Waals surface area contributed by atoms with Crippen molar-refractivity contribution in [2.75, 3.05) is 26.2 Å². The second kappa shape index (κ2) is 6.72. The maximum atomic E-state index is 13.7. The molecule has 0 atom stereocenters. The van der Waals surface area contributed by atoms with E-state index in [-0.39, 0.29) is 0 Å². The van der Waals surface area contributed by atoms with E-state index in [1.807, 2.05) is 11.4 Å². The van der Waals surface area contributed by atoms with E-state index in [9.17, 15) is 18.0 Å². The number of nitrogens with zero attached hydrogens (tertiary/aromatic N) is 2. The van der Waals surface area contributed by atoms with Gasteiger partial charge in [-0.05, 0) is 23.6 Å². The molecule has 122 valence electrons. The molecule has 1 aromatic heterocycles. The Morgan fingerprint density at radius 2 is 1.78 bits per heavy atom. The first-order valence-corrected chi connectivity index (χ1v) is 8.11. The summed E-state index contributed by atoms with van der Waals surface area (Å²) in [5, 5.41) is 2.01. The van der Waals surface area contributed by atoms with E-state index in [1.54, 1.807) is 11.3 Å². The van der Waals surface area contributed by atoms with Gasteiger partial charge in [-0.25, -0.2) is 13.2 Å². The van der Waals surface area contributed by atoms with Gasteiger partial charge in [-0.3, -0.25) is 9.69 Å². The van der Waals surface area contributed by atoms with Crippen LogP contribution in [0.2, 0.25) is 0 Å². The predicted octanol–water partition coefficient (Wildman–Crippen LogP) is 3.12. The van der Waals surface area contributed by atoms with Gasteiger partial charge in [0.05, 0.1) is 5.56 Å². The first kappa shape index (κ1) is 16.0. The molecule has 1 saturated heterocycles. The monoisotopic (exact) mass is 340 g/mol. The number of carbonyl (C=O) groups excluding carboxylic acids is 1. The molecule has 3 nitrogen and oxygen atoms in total. The predicted molar refractivity (Wildman–Crippen MR) is 81.8 cm³/mol. The van der Waals surface area contributed by atoms with Crippen molar-refractivity contribution in [3.05, 3.63) is 57.5 Å². The number of halogens is 3. The smallest absolute Gasteiger partial charge is 0.257 e. The lowest BCUT2D eigenvalue weighted by atomic mass is 10.1. The van der Waals surface area contributed by atoms with Gasteiger partial charge in [0.2, 0.25) is 0 Å². The standard InChI is InChI=1S/C16H15F3N2OS/c17-13-4-3-12(14(18)15(13)19)16(22)21-7-5-20(6-8-21)10-11-2-1-9-23-11/h1-4,9H,5-8,10H2. The van der Waals surface area contributed by atoms with Gasteiger partial charge in [0.15, 0.2) is 17.5 Å². The molecule has 1 fully saturated rings. The Labute approximate surface area is 135 Å². The molecule has 0 unspecified atom stereocenters. The minimum absolute atomic E-state index is 0.421. The number of piperazine rings is 1. The SMILES string of the molecule is O=C(c1ccc(F)c(F)c1F)N1CCN(Cc2cccs2)CC1. The van der Waals surface area contributed by atoms with Crippen LogP contribution in [0.5, 0.6) is 0 Å². The zero-order valence-electron chi connectivity index (χ0n) is 12.3. The first-order valence-electron chi connectivity index (χ1n) is 7.24. The molecular weight excluding hydrogens is 325 g/mol. The Balaban J connectivity index is 1.63. The van der Waals surface area contributed by atoms with Crippen molar-refractivity contribution in [2.45, 2.75) is 6.54 Å². The molecule has 3 rings (SSSR count). The van der Waals surface area contributed by atoms with E-state index in [1.165, 1.54) is 9.78 Å². The molecule has 7 heteroatoms. The average molecular weight is 340 g/mol. The summed E-state index contributed by atoms with van der Waals surface area (Å²) in [4.78, 5) is 17.2. The molecule has 2 heterocycles. The van der Waals surface area contributed by atoms with Crippen LogP contribution in [-0.2, 0) is 6.54 Å². The maximum Gasteiger partial charge on any atom is 0.257 e. The molecule has 0 N–H and O–H groups in total. The zero-order chi connectivity index (χ0) is 16.4. The largest absolute Gasteiger partial charge is 0.336 e. The van der Waals surface area contributed by atoms with E-state index >= 15 is 0 Å². The highest BCUT2D eigenvalue weighted by Gasteiger charge is 2.26. The third kappa shape index (κ3) is 3.40. The molecule has 0 radical (unpaired) electrons. The summed E-state index contributed by atoms with van der Waals surface area (Å²) in [6, 6.07) is 5.82. The normalized spacial score (nSPS) is 15.9. The van der Waals surface area contributed by atoms with Gasteiger partial charge in [0, 0.05) is 37.6 Å². The quantitative estimate of drug-likeness (QED) is 0.802. The Hall–Kier alpha value is -1.86. The van der Waals surface area contributed by atoms with Crippen LogP contribution < -0.4 is 0 Å². The van der Waals surface area contributed by atoms with Gasteiger partial charge in [-0.15, -0.1) is 11.3 Å². The van der Waals surface area contributed by atoms with Crippen molar-refractivity contribution in [1.82, 2.24) is 9.80 Å². The van der Waals surface area contributed by atoms with E-state index in [0.29, 0.717) is 26.2 Å². The minimum atomic E-state index is -1.60. The summed E-state index contributed by atoms with van der Waals surface area (Å²) in [6.07, 6.45) is 0. The number of hydrogen-bond donors (Lipinski definition) is 0. The highest BCUT2D eigenvalue weighted by atomic mass is 32.1. The van der Waals surface area contributed by atoms with Gasteiger partial charge in [-0.2, -0.15) is 0 Å². The third-order valence-electron chi connectivity index (χ3n) is 3.88. The molecule has 1 aliphatic heterocycles. The van der Waals surface area contributed by atoms with Crippen LogP contribution in [0, 0.1) is 17.5 Å². The lowest BCUT2D eigenvalue weighted by Gasteiger charge is -2.34. The van der Waals surface area contributed by atoms with E-state index in [4.69, 9.17) is 0 Å². The van der Waals surface area contributed by atoms with E-state index in [2.05, 4.69) is 11.0 Å². The lowest BCUT2D eigenvalue weighted by Crippen LogP contribution is -2.48. The summed E-state index contributed by atoms with van der Waals surface area (Å²) >= 11 is 1.68. The minimum Gasteiger partial charge on any atom is -0.336 e. The number of rotatable bonds is 3. The van der Waals surface area contributed by atoms with E-state index in [0.717, 1.165) is 18.7 Å². The van der Waals surface area contributed by atoms with Gasteiger partial charge >= 0.3 is 0 Å². The van der Waals surface area contributed by atoms with Crippen LogP contribution in [0.4, 0.5) is 13.2 Å². The summed E-state index contributed by atoms with van der Waals surface area (Å²) in [6.45, 7) is 3.01. The highest BCUT2D eigenvalue weighted by Crippen LogP contribution is 2.19. The fraction of sp³-hybridized carbons (Fsp3) is 0.312. The topological polar surface area (TPSA) is 23.6 Å². The molecule has 23 heavy (non-hydrogen) atoms. The van der Waals surface area contributed by atoms with Gasteiger partial charge < -0.3 is 4.90 Å². The Bertz CT molecular complexity index is 698. The summed E-state index contributed by atoms with van der Waals surface area (Å²) in [7, 11) is 0. The van der Waals surface area contributed by atoms with Crippen LogP contribution in [-0.4, -0.2) is 41.9 Å².